The Morgan fingerprint density at radius 2 is 2.32 bits per heavy atom. The van der Waals surface area contributed by atoms with Crippen LogP contribution in [-0.2, 0) is 0 Å². The highest BCUT2D eigenvalue weighted by Crippen LogP contribution is 2.34. The third-order valence-electron chi connectivity index (χ3n) is 1.91. The van der Waals surface area contributed by atoms with Crippen LogP contribution in [0.1, 0.15) is 0 Å². The van der Waals surface area contributed by atoms with Gasteiger partial charge in [0.25, 0.3) is 5.69 Å². The fourth-order valence-electron chi connectivity index (χ4n) is 1.04. The third-order valence-corrected chi connectivity index (χ3v) is 2.21. The minimum absolute atomic E-state index is 0.0652. The minimum Gasteiger partial charge on any atom is -0.505 e. The Labute approximate surface area is 111 Å². The van der Waals surface area contributed by atoms with Gasteiger partial charge in [-0.3, -0.25) is 20.9 Å². The van der Waals surface area contributed by atoms with E-state index in [1.807, 2.05) is 0 Å². The summed E-state index contributed by atoms with van der Waals surface area (Å²) in [6, 6.07) is 3.45. The molecule has 5 N–H and O–H groups in total. The van der Waals surface area contributed by atoms with Crippen molar-refractivity contribution in [1.82, 2.24) is 0 Å². The highest BCUT2D eigenvalue weighted by Gasteiger charge is 2.16. The van der Waals surface area contributed by atoms with Gasteiger partial charge in [0.15, 0.2) is 5.84 Å². The zero-order valence-electron chi connectivity index (χ0n) is 9.22. The number of rotatable bonds is 4. The van der Waals surface area contributed by atoms with Gasteiger partial charge in [0.1, 0.15) is 16.8 Å². The average Bonchev–Trinajstić information content (AvgIpc) is 2.32. The van der Waals surface area contributed by atoms with Crippen molar-refractivity contribution >= 4 is 34.5 Å². The summed E-state index contributed by atoms with van der Waals surface area (Å²) in [6.45, 7) is 0. The summed E-state index contributed by atoms with van der Waals surface area (Å²) >= 11 is 5.63. The Bertz CT molecular complexity index is 621. The molecule has 98 valence electrons. The van der Waals surface area contributed by atoms with Crippen LogP contribution in [0, 0.1) is 26.9 Å². The number of phenols is 1. The predicted molar refractivity (Wildman–Crippen MR) is 68.4 cm³/mol. The molecule has 0 spiro atoms. The SMILES string of the molecule is N#C/C(=N\Nc1cc(Cl)c([N+](=O)[O-])cc1O)C(=N)N. The molecule has 0 amide bonds. The molecular formula is C9H7ClN6O3. The fourth-order valence-corrected chi connectivity index (χ4v) is 1.27. The van der Waals surface area contributed by atoms with Gasteiger partial charge in [-0.2, -0.15) is 10.4 Å². The number of nitrogens with two attached hydrogens (primary N) is 1. The number of benzene rings is 1. The molecule has 1 aromatic carbocycles. The van der Waals surface area contributed by atoms with Crippen molar-refractivity contribution in [2.75, 3.05) is 5.43 Å². The first-order chi connectivity index (χ1) is 8.86. The van der Waals surface area contributed by atoms with Crippen LogP contribution >= 0.6 is 11.6 Å². The molecule has 0 aliphatic carbocycles. The molecular weight excluding hydrogens is 276 g/mol. The molecule has 0 bridgehead atoms. The smallest absolute Gasteiger partial charge is 0.291 e. The van der Waals surface area contributed by atoms with Gasteiger partial charge in [0, 0.05) is 0 Å². The van der Waals surface area contributed by atoms with Crippen molar-refractivity contribution in [3.63, 3.8) is 0 Å². The highest BCUT2D eigenvalue weighted by atomic mass is 35.5. The van der Waals surface area contributed by atoms with E-state index in [0.717, 1.165) is 12.1 Å². The van der Waals surface area contributed by atoms with E-state index in [9.17, 15) is 15.2 Å². The number of nitriles is 1. The topological polar surface area (TPSA) is 161 Å². The van der Waals surface area contributed by atoms with Gasteiger partial charge in [-0.15, -0.1) is 0 Å². The largest absolute Gasteiger partial charge is 0.505 e. The number of nitro benzene ring substituents is 1. The second-order valence-corrected chi connectivity index (χ2v) is 3.58. The molecule has 0 aromatic heterocycles. The second kappa shape index (κ2) is 5.65. The third kappa shape index (κ3) is 3.30. The molecule has 0 heterocycles. The molecule has 0 fully saturated rings. The van der Waals surface area contributed by atoms with Crippen LogP contribution in [-0.4, -0.2) is 21.6 Å². The fraction of sp³-hybridized carbons (Fsp3) is 0. The zero-order chi connectivity index (χ0) is 14.6. The molecule has 0 unspecified atom stereocenters. The minimum atomic E-state index is -0.759. The summed E-state index contributed by atoms with van der Waals surface area (Å²) < 4.78 is 0. The number of halogens is 1. The van der Waals surface area contributed by atoms with Crippen LogP contribution in [0.3, 0.4) is 0 Å². The lowest BCUT2D eigenvalue weighted by Gasteiger charge is -2.05. The number of hydrogen-bond donors (Lipinski definition) is 4. The van der Waals surface area contributed by atoms with E-state index in [4.69, 9.17) is 28.0 Å². The summed E-state index contributed by atoms with van der Waals surface area (Å²) in [5.74, 6) is -1.05. The number of nitrogens with one attached hydrogen (secondary N) is 2. The summed E-state index contributed by atoms with van der Waals surface area (Å²) in [7, 11) is 0. The number of aromatic hydroxyl groups is 1. The molecule has 0 atom stereocenters. The van der Waals surface area contributed by atoms with Crippen molar-refractivity contribution in [3.8, 4) is 11.8 Å². The van der Waals surface area contributed by atoms with Crippen molar-refractivity contribution < 1.29 is 10.0 Å². The van der Waals surface area contributed by atoms with Crippen molar-refractivity contribution in [2.24, 2.45) is 10.8 Å². The van der Waals surface area contributed by atoms with E-state index in [1.54, 1.807) is 6.07 Å². The van der Waals surface area contributed by atoms with Gasteiger partial charge in [-0.1, -0.05) is 11.6 Å². The predicted octanol–water partition coefficient (Wildman–Crippen LogP) is 1.18. The molecule has 19 heavy (non-hydrogen) atoms. The number of phenolic OH excluding ortho intramolecular Hbond substituents is 1. The molecule has 1 rings (SSSR count). The van der Waals surface area contributed by atoms with E-state index in [2.05, 4.69) is 10.5 Å². The molecule has 10 heteroatoms. The van der Waals surface area contributed by atoms with Crippen LogP contribution in [0.25, 0.3) is 0 Å². The summed E-state index contributed by atoms with van der Waals surface area (Å²) in [5, 5.41) is 38.9. The van der Waals surface area contributed by atoms with Crippen molar-refractivity contribution in [1.29, 1.82) is 10.7 Å². The average molecular weight is 283 g/mol. The number of amidine groups is 1. The maximum Gasteiger partial charge on any atom is 0.291 e. The van der Waals surface area contributed by atoms with Gasteiger partial charge in [0.2, 0.25) is 5.71 Å². The number of nitro groups is 1. The van der Waals surface area contributed by atoms with Gasteiger partial charge in [-0.25, -0.2) is 0 Å². The quantitative estimate of drug-likeness (QED) is 0.213. The van der Waals surface area contributed by atoms with Crippen LogP contribution in [0.2, 0.25) is 5.02 Å². The molecule has 0 radical (unpaired) electrons. The molecule has 1 aromatic rings. The first-order valence-corrected chi connectivity index (χ1v) is 4.99. The number of hydrazone groups is 1. The number of anilines is 1. The highest BCUT2D eigenvalue weighted by molar-refractivity contribution is 6.45. The summed E-state index contributed by atoms with van der Waals surface area (Å²) in [6.07, 6.45) is 0. The Kier molecular flexibility index (Phi) is 4.23. The molecule has 0 aliphatic heterocycles. The standard InChI is InChI=1S/C9H7ClN6O3/c10-4-1-5(8(17)2-7(4)16(18)19)14-15-6(3-11)9(12)13/h1-2,14,17H,(H3,12,13)/b15-6+. The maximum absolute atomic E-state index is 10.6. The van der Waals surface area contributed by atoms with E-state index >= 15 is 0 Å². The lowest BCUT2D eigenvalue weighted by atomic mass is 10.2. The zero-order valence-corrected chi connectivity index (χ0v) is 9.97. The second-order valence-electron chi connectivity index (χ2n) is 3.18. The number of hydrogen-bond acceptors (Lipinski definition) is 7. The van der Waals surface area contributed by atoms with E-state index in [-0.39, 0.29) is 10.7 Å². The van der Waals surface area contributed by atoms with E-state index in [0.29, 0.717) is 0 Å². The molecule has 0 saturated carbocycles. The first kappa shape index (κ1) is 14.2. The monoisotopic (exact) mass is 282 g/mol. The van der Waals surface area contributed by atoms with Crippen LogP contribution in [0.5, 0.6) is 5.75 Å². The lowest BCUT2D eigenvalue weighted by molar-refractivity contribution is -0.384. The van der Waals surface area contributed by atoms with Crippen LogP contribution < -0.4 is 11.2 Å². The Morgan fingerprint density at radius 1 is 1.68 bits per heavy atom. The molecule has 0 saturated heterocycles. The van der Waals surface area contributed by atoms with Gasteiger partial charge < -0.3 is 10.8 Å². The lowest BCUT2D eigenvalue weighted by Crippen LogP contribution is -2.21. The van der Waals surface area contributed by atoms with Gasteiger partial charge in [0.05, 0.1) is 16.7 Å². The summed E-state index contributed by atoms with van der Waals surface area (Å²) in [5.41, 5.74) is 6.35. The molecule has 0 aliphatic rings. The Hall–Kier alpha value is -2.86. The molecule has 9 nitrogen and oxygen atoms in total. The number of nitrogens with zero attached hydrogens (tertiary/aromatic N) is 3. The van der Waals surface area contributed by atoms with Crippen LogP contribution in [0.4, 0.5) is 11.4 Å². The van der Waals surface area contributed by atoms with Gasteiger partial charge in [-0.05, 0) is 6.07 Å². The van der Waals surface area contributed by atoms with E-state index in [1.165, 1.54) is 0 Å². The summed E-state index contributed by atoms with van der Waals surface area (Å²) in [4.78, 5) is 9.80. The first-order valence-electron chi connectivity index (χ1n) is 4.62. The Morgan fingerprint density at radius 3 is 2.79 bits per heavy atom. The van der Waals surface area contributed by atoms with E-state index < -0.39 is 27.9 Å². The van der Waals surface area contributed by atoms with Crippen molar-refractivity contribution in [3.05, 3.63) is 27.3 Å². The Balaban J connectivity index is 3.11. The maximum atomic E-state index is 10.6. The van der Waals surface area contributed by atoms with Crippen molar-refractivity contribution in [2.45, 2.75) is 0 Å². The van der Waals surface area contributed by atoms with Gasteiger partial charge >= 0.3 is 0 Å². The van der Waals surface area contributed by atoms with Crippen LogP contribution in [0.15, 0.2) is 17.2 Å². The normalized spacial score (nSPS) is 10.6.